The monoisotopic (exact) mass is 416 g/mol. The Hall–Kier alpha value is -2.59. The number of rotatable bonds is 8. The van der Waals surface area contributed by atoms with Gasteiger partial charge >= 0.3 is 6.18 Å². The van der Waals surface area contributed by atoms with Gasteiger partial charge in [0.2, 0.25) is 10.0 Å². The molecule has 28 heavy (non-hydrogen) atoms. The van der Waals surface area contributed by atoms with Gasteiger partial charge in [-0.05, 0) is 43.3 Å². The van der Waals surface area contributed by atoms with Crippen LogP contribution in [0.2, 0.25) is 0 Å². The maximum absolute atomic E-state index is 12.3. The number of hydrogen-bond acceptors (Lipinski definition) is 4. The summed E-state index contributed by atoms with van der Waals surface area (Å²) in [6.45, 7) is 0.237. The average Bonchev–Trinajstić information content (AvgIpc) is 2.65. The quantitative estimate of drug-likeness (QED) is 0.693. The van der Waals surface area contributed by atoms with Crippen LogP contribution in [0.4, 0.5) is 13.2 Å². The molecule has 6 nitrogen and oxygen atoms in total. The zero-order valence-corrected chi connectivity index (χ0v) is 15.7. The fourth-order valence-corrected chi connectivity index (χ4v) is 3.27. The summed E-state index contributed by atoms with van der Waals surface area (Å²) >= 11 is 0. The number of sulfonamides is 1. The average molecular weight is 416 g/mol. The van der Waals surface area contributed by atoms with Gasteiger partial charge in [0.25, 0.3) is 5.91 Å². The molecule has 0 saturated heterocycles. The summed E-state index contributed by atoms with van der Waals surface area (Å²) in [5.74, 6) is -0.345. The summed E-state index contributed by atoms with van der Waals surface area (Å²) in [7, 11) is -3.87. The van der Waals surface area contributed by atoms with Gasteiger partial charge in [0.15, 0.2) is 0 Å². The minimum absolute atomic E-state index is 0.00501. The zero-order valence-electron chi connectivity index (χ0n) is 14.9. The van der Waals surface area contributed by atoms with Crippen molar-refractivity contribution in [2.45, 2.75) is 24.1 Å². The molecule has 0 aliphatic rings. The SMILES string of the molecule is CC(CNS(=O)(=O)c1ccc(C(=O)NCC(F)(F)F)cc1)Oc1ccccc1. The first kappa shape index (κ1) is 21.7. The number of alkyl halides is 3. The number of ether oxygens (including phenoxy) is 1. The number of benzene rings is 2. The summed E-state index contributed by atoms with van der Waals surface area (Å²) in [5, 5.41) is 1.71. The lowest BCUT2D eigenvalue weighted by atomic mass is 10.2. The van der Waals surface area contributed by atoms with Crippen LogP contribution in [0.3, 0.4) is 0 Å². The highest BCUT2D eigenvalue weighted by Crippen LogP contribution is 2.15. The number of hydrogen-bond donors (Lipinski definition) is 2. The van der Waals surface area contributed by atoms with E-state index in [0.29, 0.717) is 5.75 Å². The molecule has 0 spiro atoms. The van der Waals surface area contributed by atoms with Crippen molar-refractivity contribution in [3.05, 3.63) is 60.2 Å². The van der Waals surface area contributed by atoms with Crippen molar-refractivity contribution in [2.24, 2.45) is 0 Å². The van der Waals surface area contributed by atoms with Crippen LogP contribution in [0.5, 0.6) is 5.75 Å². The Bertz CT molecular complexity index is 885. The zero-order chi connectivity index (χ0) is 20.8. The van der Waals surface area contributed by atoms with Crippen molar-refractivity contribution in [1.82, 2.24) is 10.0 Å². The Balaban J connectivity index is 1.93. The highest BCUT2D eigenvalue weighted by atomic mass is 32.2. The molecule has 2 rings (SSSR count). The van der Waals surface area contributed by atoms with E-state index in [2.05, 4.69) is 4.72 Å². The number of halogens is 3. The van der Waals surface area contributed by atoms with Crippen LogP contribution in [-0.4, -0.2) is 39.7 Å². The van der Waals surface area contributed by atoms with Gasteiger partial charge < -0.3 is 10.1 Å². The molecule has 0 radical (unpaired) electrons. The first-order valence-electron chi connectivity index (χ1n) is 8.23. The third kappa shape index (κ3) is 6.86. The molecule has 2 aromatic rings. The maximum Gasteiger partial charge on any atom is 0.405 e. The van der Waals surface area contributed by atoms with Crippen LogP contribution in [0.25, 0.3) is 0 Å². The van der Waals surface area contributed by atoms with Gasteiger partial charge in [-0.15, -0.1) is 0 Å². The summed E-state index contributed by atoms with van der Waals surface area (Å²) in [5.41, 5.74) is -0.0796. The third-order valence-corrected chi connectivity index (χ3v) is 4.96. The highest BCUT2D eigenvalue weighted by molar-refractivity contribution is 7.89. The molecule has 0 aromatic heterocycles. The van der Waals surface area contributed by atoms with E-state index in [1.165, 1.54) is 0 Å². The van der Waals surface area contributed by atoms with Crippen LogP contribution in [0.1, 0.15) is 17.3 Å². The molecule has 2 aromatic carbocycles. The van der Waals surface area contributed by atoms with E-state index in [1.54, 1.807) is 36.5 Å². The first-order chi connectivity index (χ1) is 13.1. The molecule has 0 heterocycles. The van der Waals surface area contributed by atoms with Crippen LogP contribution in [-0.2, 0) is 10.0 Å². The lowest BCUT2D eigenvalue weighted by molar-refractivity contribution is -0.123. The smallest absolute Gasteiger partial charge is 0.405 e. The Kier molecular flexibility index (Phi) is 7.03. The number of carbonyl (C=O) groups excluding carboxylic acids is 1. The molecule has 152 valence electrons. The fraction of sp³-hybridized carbons (Fsp3) is 0.278. The van der Waals surface area contributed by atoms with Crippen molar-refractivity contribution < 1.29 is 31.1 Å². The largest absolute Gasteiger partial charge is 0.489 e. The summed E-state index contributed by atoms with van der Waals surface area (Å²) in [6.07, 6.45) is -4.97. The molecule has 0 bridgehead atoms. The van der Waals surface area contributed by atoms with Gasteiger partial charge in [-0.3, -0.25) is 4.79 Å². The van der Waals surface area contributed by atoms with Crippen LogP contribution < -0.4 is 14.8 Å². The molecule has 10 heteroatoms. The van der Waals surface area contributed by atoms with E-state index in [-0.39, 0.29) is 17.0 Å². The number of para-hydroxylation sites is 1. The van der Waals surface area contributed by atoms with Crippen molar-refractivity contribution >= 4 is 15.9 Å². The van der Waals surface area contributed by atoms with Crippen molar-refractivity contribution in [3.8, 4) is 5.75 Å². The second-order valence-electron chi connectivity index (χ2n) is 5.92. The summed E-state index contributed by atoms with van der Waals surface area (Å²) in [6, 6.07) is 13.5. The fourth-order valence-electron chi connectivity index (χ4n) is 2.15. The third-order valence-electron chi connectivity index (χ3n) is 3.52. The van der Waals surface area contributed by atoms with Gasteiger partial charge in [-0.1, -0.05) is 18.2 Å². The minimum atomic E-state index is -4.53. The maximum atomic E-state index is 12.3. The topological polar surface area (TPSA) is 84.5 Å². The van der Waals surface area contributed by atoms with E-state index in [4.69, 9.17) is 4.74 Å². The molecule has 1 unspecified atom stereocenters. The second kappa shape index (κ2) is 9.07. The molecular formula is C18H19F3N2O4S. The Morgan fingerprint density at radius 2 is 1.68 bits per heavy atom. The Morgan fingerprint density at radius 3 is 2.25 bits per heavy atom. The van der Waals surface area contributed by atoms with Crippen molar-refractivity contribution in [2.75, 3.05) is 13.1 Å². The minimum Gasteiger partial charge on any atom is -0.489 e. The van der Waals surface area contributed by atoms with Crippen LogP contribution in [0, 0.1) is 0 Å². The predicted octanol–water partition coefficient (Wildman–Crippen LogP) is 2.72. The molecule has 1 atom stereocenters. The summed E-state index contributed by atoms with van der Waals surface area (Å²) < 4.78 is 69.0. The second-order valence-corrected chi connectivity index (χ2v) is 7.68. The van der Waals surface area contributed by atoms with E-state index in [0.717, 1.165) is 24.3 Å². The number of nitrogens with one attached hydrogen (secondary N) is 2. The van der Waals surface area contributed by atoms with E-state index in [9.17, 15) is 26.4 Å². The molecular weight excluding hydrogens is 397 g/mol. The van der Waals surface area contributed by atoms with Gasteiger partial charge in [0.05, 0.1) is 4.90 Å². The Morgan fingerprint density at radius 1 is 1.07 bits per heavy atom. The first-order valence-corrected chi connectivity index (χ1v) is 9.71. The normalized spacial score (nSPS) is 13.0. The highest BCUT2D eigenvalue weighted by Gasteiger charge is 2.28. The lowest BCUT2D eigenvalue weighted by Crippen LogP contribution is -2.34. The van der Waals surface area contributed by atoms with Gasteiger partial charge in [-0.2, -0.15) is 13.2 Å². The van der Waals surface area contributed by atoms with Crippen LogP contribution in [0.15, 0.2) is 59.5 Å². The Labute approximate surface area is 160 Å². The molecule has 0 aliphatic heterocycles. The van der Waals surface area contributed by atoms with E-state index >= 15 is 0 Å². The van der Waals surface area contributed by atoms with Crippen molar-refractivity contribution in [1.29, 1.82) is 0 Å². The van der Waals surface area contributed by atoms with Gasteiger partial charge in [0.1, 0.15) is 18.4 Å². The predicted molar refractivity (Wildman–Crippen MR) is 96.6 cm³/mol. The molecule has 0 saturated carbocycles. The van der Waals surface area contributed by atoms with E-state index in [1.807, 2.05) is 6.07 Å². The molecule has 1 amide bonds. The van der Waals surface area contributed by atoms with Crippen molar-refractivity contribution in [3.63, 3.8) is 0 Å². The molecule has 0 aliphatic carbocycles. The molecule has 0 fully saturated rings. The molecule has 2 N–H and O–H groups in total. The summed E-state index contributed by atoms with van der Waals surface area (Å²) in [4.78, 5) is 11.5. The lowest BCUT2D eigenvalue weighted by Gasteiger charge is -2.15. The van der Waals surface area contributed by atoms with E-state index < -0.39 is 34.8 Å². The van der Waals surface area contributed by atoms with Gasteiger partial charge in [0, 0.05) is 12.1 Å². The van der Waals surface area contributed by atoms with Crippen LogP contribution >= 0.6 is 0 Å². The number of carbonyl (C=O) groups is 1. The number of amides is 1. The van der Waals surface area contributed by atoms with Gasteiger partial charge in [-0.25, -0.2) is 13.1 Å². The standard InChI is InChI=1S/C18H19F3N2O4S/c1-13(27-15-5-3-2-4-6-15)11-23-28(25,26)16-9-7-14(8-10-16)17(24)22-12-18(19,20)21/h2-10,13,23H,11-12H2,1H3,(H,22,24).